The molecule has 0 aliphatic heterocycles. The Hall–Kier alpha value is -1.45. The number of nitrogens with zero attached hydrogens (tertiary/aromatic N) is 2. The monoisotopic (exact) mass is 233 g/mol. The molecule has 0 aromatic carbocycles. The number of aromatic nitrogens is 2. The van der Waals surface area contributed by atoms with Gasteiger partial charge in [0.2, 0.25) is 5.95 Å². The predicted molar refractivity (Wildman–Crippen MR) is 67.0 cm³/mol. The van der Waals surface area contributed by atoms with Crippen molar-refractivity contribution >= 4 is 11.7 Å². The highest BCUT2D eigenvalue weighted by Gasteiger charge is 2.18. The summed E-state index contributed by atoms with van der Waals surface area (Å²) in [6, 6.07) is 0.345. The molecule has 0 atom stereocenters. The minimum absolute atomic E-state index is 0.345. The predicted octanol–water partition coefficient (Wildman–Crippen LogP) is 2.52. The number of hydrogen-bond donors (Lipinski definition) is 1. The third-order valence-electron chi connectivity index (χ3n) is 3.21. The minimum atomic E-state index is 0.345. The average molecular weight is 233 g/mol. The Balaban J connectivity index is 1.92. The van der Waals surface area contributed by atoms with Crippen molar-refractivity contribution in [3.63, 3.8) is 0 Å². The van der Waals surface area contributed by atoms with Crippen molar-refractivity contribution in [1.29, 1.82) is 0 Å². The summed E-state index contributed by atoms with van der Waals surface area (Å²) in [4.78, 5) is 19.7. The summed E-state index contributed by atoms with van der Waals surface area (Å²) >= 11 is 0. The van der Waals surface area contributed by atoms with E-state index in [1.807, 2.05) is 12.4 Å². The van der Waals surface area contributed by atoms with E-state index < -0.39 is 0 Å². The molecule has 1 aliphatic carbocycles. The van der Waals surface area contributed by atoms with Crippen LogP contribution in [0, 0.1) is 0 Å². The molecule has 1 aromatic heterocycles. The van der Waals surface area contributed by atoms with Crippen molar-refractivity contribution in [2.24, 2.45) is 0 Å². The first-order valence-corrected chi connectivity index (χ1v) is 6.25. The highest BCUT2D eigenvalue weighted by Crippen LogP contribution is 2.18. The molecule has 1 heterocycles. The summed E-state index contributed by atoms with van der Waals surface area (Å²) in [5, 5.41) is 3.29. The molecule has 1 N–H and O–H groups in total. The average Bonchev–Trinajstić information content (AvgIpc) is 2.33. The number of nitrogens with one attached hydrogen (secondary N) is 1. The Morgan fingerprint density at radius 2 is 1.82 bits per heavy atom. The van der Waals surface area contributed by atoms with Gasteiger partial charge >= 0.3 is 0 Å². The Morgan fingerprint density at radius 1 is 1.24 bits per heavy atom. The largest absolute Gasteiger partial charge is 0.351 e. The Kier molecular flexibility index (Phi) is 3.71. The van der Waals surface area contributed by atoms with E-state index in [0.29, 0.717) is 36.5 Å². The lowest BCUT2D eigenvalue weighted by Crippen LogP contribution is -2.26. The van der Waals surface area contributed by atoms with Crippen LogP contribution in [0.2, 0.25) is 0 Å². The molecule has 92 valence electrons. The highest BCUT2D eigenvalue weighted by molar-refractivity contribution is 5.79. The van der Waals surface area contributed by atoms with Crippen LogP contribution >= 0.6 is 0 Å². The highest BCUT2D eigenvalue weighted by atomic mass is 16.1. The molecule has 4 heteroatoms. The maximum absolute atomic E-state index is 11.1. The second-order valence-corrected chi connectivity index (χ2v) is 4.95. The van der Waals surface area contributed by atoms with E-state index in [0.717, 1.165) is 18.4 Å². The van der Waals surface area contributed by atoms with Crippen LogP contribution in [0.5, 0.6) is 0 Å². The Bertz CT molecular complexity index is 376. The summed E-state index contributed by atoms with van der Waals surface area (Å²) in [5.74, 6) is 1.50. The summed E-state index contributed by atoms with van der Waals surface area (Å²) in [6.07, 6.45) is 6.90. The Labute approximate surface area is 102 Å². The maximum atomic E-state index is 11.1. The molecule has 1 saturated carbocycles. The van der Waals surface area contributed by atoms with Gasteiger partial charge in [-0.25, -0.2) is 9.97 Å². The number of carbonyl (C=O) groups is 1. The van der Waals surface area contributed by atoms with Gasteiger partial charge in [-0.2, -0.15) is 0 Å². The van der Waals surface area contributed by atoms with Crippen molar-refractivity contribution in [3.8, 4) is 0 Å². The van der Waals surface area contributed by atoms with Crippen molar-refractivity contribution in [2.75, 3.05) is 5.32 Å². The SMILES string of the molecule is CC(C)c1cnc(NC2CCC(=O)CC2)nc1. The van der Waals surface area contributed by atoms with Gasteiger partial charge in [-0.1, -0.05) is 13.8 Å². The smallest absolute Gasteiger partial charge is 0.222 e. The van der Waals surface area contributed by atoms with Gasteiger partial charge in [0.15, 0.2) is 0 Å². The molecule has 1 aromatic rings. The van der Waals surface area contributed by atoms with Crippen molar-refractivity contribution in [1.82, 2.24) is 9.97 Å². The van der Waals surface area contributed by atoms with Crippen LogP contribution in [0.25, 0.3) is 0 Å². The quantitative estimate of drug-likeness (QED) is 0.871. The van der Waals surface area contributed by atoms with Gasteiger partial charge in [0.25, 0.3) is 0 Å². The van der Waals surface area contributed by atoms with Gasteiger partial charge in [-0.15, -0.1) is 0 Å². The van der Waals surface area contributed by atoms with Crippen LogP contribution < -0.4 is 5.32 Å². The molecule has 0 amide bonds. The van der Waals surface area contributed by atoms with Gasteiger partial charge in [-0.05, 0) is 24.3 Å². The summed E-state index contributed by atoms with van der Waals surface area (Å²) in [5.41, 5.74) is 1.15. The maximum Gasteiger partial charge on any atom is 0.222 e. The fourth-order valence-corrected chi connectivity index (χ4v) is 1.98. The zero-order chi connectivity index (χ0) is 12.3. The molecule has 17 heavy (non-hydrogen) atoms. The van der Waals surface area contributed by atoms with Crippen LogP contribution in [0.15, 0.2) is 12.4 Å². The lowest BCUT2D eigenvalue weighted by Gasteiger charge is -2.22. The zero-order valence-electron chi connectivity index (χ0n) is 10.4. The fourth-order valence-electron chi connectivity index (χ4n) is 1.98. The van der Waals surface area contributed by atoms with E-state index >= 15 is 0 Å². The van der Waals surface area contributed by atoms with Crippen LogP contribution in [-0.4, -0.2) is 21.8 Å². The summed E-state index contributed by atoms with van der Waals surface area (Å²) in [6.45, 7) is 4.25. The first-order valence-electron chi connectivity index (χ1n) is 6.25. The summed E-state index contributed by atoms with van der Waals surface area (Å²) in [7, 11) is 0. The lowest BCUT2D eigenvalue weighted by atomic mass is 9.94. The van der Waals surface area contributed by atoms with E-state index in [2.05, 4.69) is 29.1 Å². The number of Topliss-reactive ketones (excluding diaryl/α,β-unsaturated/α-hetero) is 1. The number of carbonyl (C=O) groups excluding carboxylic acids is 1. The standard InChI is InChI=1S/C13H19N3O/c1-9(2)10-7-14-13(15-8-10)16-11-3-5-12(17)6-4-11/h7-9,11H,3-6H2,1-2H3,(H,14,15,16). The topological polar surface area (TPSA) is 54.9 Å². The van der Waals surface area contributed by atoms with Gasteiger partial charge < -0.3 is 5.32 Å². The van der Waals surface area contributed by atoms with E-state index in [9.17, 15) is 4.79 Å². The molecular formula is C13H19N3O. The number of ketones is 1. The fraction of sp³-hybridized carbons (Fsp3) is 0.615. The molecule has 0 saturated heterocycles. The van der Waals surface area contributed by atoms with Crippen LogP contribution in [-0.2, 0) is 4.79 Å². The van der Waals surface area contributed by atoms with Crippen molar-refractivity contribution in [3.05, 3.63) is 18.0 Å². The third-order valence-corrected chi connectivity index (χ3v) is 3.21. The second-order valence-electron chi connectivity index (χ2n) is 4.95. The number of rotatable bonds is 3. The molecule has 0 unspecified atom stereocenters. The van der Waals surface area contributed by atoms with Gasteiger partial charge in [0.1, 0.15) is 5.78 Å². The normalized spacial score (nSPS) is 17.5. The molecule has 2 rings (SSSR count). The molecule has 4 nitrogen and oxygen atoms in total. The number of anilines is 1. The first-order chi connectivity index (χ1) is 8.15. The number of hydrogen-bond acceptors (Lipinski definition) is 4. The van der Waals surface area contributed by atoms with E-state index in [1.54, 1.807) is 0 Å². The Morgan fingerprint density at radius 3 is 2.35 bits per heavy atom. The molecule has 1 fully saturated rings. The van der Waals surface area contributed by atoms with Gasteiger partial charge in [0.05, 0.1) is 0 Å². The second kappa shape index (κ2) is 5.25. The van der Waals surface area contributed by atoms with Gasteiger partial charge in [0, 0.05) is 31.3 Å². The molecular weight excluding hydrogens is 214 g/mol. The first kappa shape index (κ1) is 12.0. The molecule has 0 radical (unpaired) electrons. The minimum Gasteiger partial charge on any atom is -0.351 e. The van der Waals surface area contributed by atoms with E-state index in [-0.39, 0.29) is 0 Å². The van der Waals surface area contributed by atoms with Crippen LogP contribution in [0.1, 0.15) is 51.0 Å². The molecule has 1 aliphatic rings. The van der Waals surface area contributed by atoms with Crippen molar-refractivity contribution in [2.45, 2.75) is 51.5 Å². The summed E-state index contributed by atoms with van der Waals surface area (Å²) < 4.78 is 0. The third kappa shape index (κ3) is 3.25. The van der Waals surface area contributed by atoms with Crippen LogP contribution in [0.3, 0.4) is 0 Å². The van der Waals surface area contributed by atoms with Crippen LogP contribution in [0.4, 0.5) is 5.95 Å². The molecule has 0 bridgehead atoms. The van der Waals surface area contributed by atoms with E-state index in [4.69, 9.17) is 0 Å². The molecule has 0 spiro atoms. The van der Waals surface area contributed by atoms with Crippen molar-refractivity contribution < 1.29 is 4.79 Å². The lowest BCUT2D eigenvalue weighted by molar-refractivity contribution is -0.120. The zero-order valence-corrected chi connectivity index (χ0v) is 10.4. The van der Waals surface area contributed by atoms with E-state index in [1.165, 1.54) is 0 Å². The van der Waals surface area contributed by atoms with Gasteiger partial charge in [-0.3, -0.25) is 4.79 Å².